The van der Waals surface area contributed by atoms with Crippen molar-refractivity contribution in [1.82, 2.24) is 9.80 Å². The van der Waals surface area contributed by atoms with Crippen LogP contribution in [0.25, 0.3) is 0 Å². The third kappa shape index (κ3) is 2.71. The van der Waals surface area contributed by atoms with Crippen LogP contribution in [-0.4, -0.2) is 41.2 Å². The second-order valence-corrected chi connectivity index (χ2v) is 4.16. The molecule has 1 aliphatic rings. The Kier molecular flexibility index (Phi) is 3.54. The topological polar surface area (TPSA) is 40.6 Å². The summed E-state index contributed by atoms with van der Waals surface area (Å²) in [4.78, 5) is 26.6. The fraction of sp³-hybridized carbons (Fsp3) is 0.385. The fourth-order valence-electron chi connectivity index (χ4n) is 2.05. The zero-order chi connectivity index (χ0) is 12.3. The molecule has 0 bridgehead atoms. The van der Waals surface area contributed by atoms with E-state index < -0.39 is 0 Å². The summed E-state index contributed by atoms with van der Waals surface area (Å²) in [6.45, 7) is 3.60. The summed E-state index contributed by atoms with van der Waals surface area (Å²) in [7, 11) is 0. The van der Waals surface area contributed by atoms with Gasteiger partial charge >= 0.3 is 0 Å². The lowest BCUT2D eigenvalue weighted by molar-refractivity contribution is -0.151. The van der Waals surface area contributed by atoms with Crippen LogP contribution in [0.1, 0.15) is 12.5 Å². The third-order valence-electron chi connectivity index (χ3n) is 2.89. The monoisotopic (exact) mass is 232 g/mol. The van der Waals surface area contributed by atoms with Crippen LogP contribution in [0.5, 0.6) is 0 Å². The van der Waals surface area contributed by atoms with E-state index in [1.807, 2.05) is 42.2 Å². The normalized spacial score (nSPS) is 17.6. The number of likely N-dealkylation sites (N-methyl/N-ethyl adjacent to an activating group) is 1. The smallest absolute Gasteiger partial charge is 0.243 e. The molecule has 1 aromatic rings. The van der Waals surface area contributed by atoms with Gasteiger partial charge in [0.2, 0.25) is 11.8 Å². The van der Waals surface area contributed by atoms with Gasteiger partial charge in [-0.2, -0.15) is 0 Å². The number of carbonyl (C=O) groups is 2. The Balaban J connectivity index is 2.01. The van der Waals surface area contributed by atoms with Gasteiger partial charge in [-0.3, -0.25) is 19.4 Å². The summed E-state index contributed by atoms with van der Waals surface area (Å²) in [5.74, 6) is -0.195. The molecular formula is C13H16N2O2. The van der Waals surface area contributed by atoms with Crippen LogP contribution in [0.3, 0.4) is 0 Å². The van der Waals surface area contributed by atoms with Crippen LogP contribution < -0.4 is 0 Å². The molecule has 0 atom stereocenters. The number of piperazine rings is 1. The van der Waals surface area contributed by atoms with Gasteiger partial charge in [-0.1, -0.05) is 30.3 Å². The second-order valence-electron chi connectivity index (χ2n) is 4.16. The molecular weight excluding hydrogens is 216 g/mol. The van der Waals surface area contributed by atoms with E-state index in [2.05, 4.69) is 0 Å². The molecule has 0 aromatic heterocycles. The molecule has 2 amide bonds. The zero-order valence-corrected chi connectivity index (χ0v) is 9.93. The van der Waals surface area contributed by atoms with Gasteiger partial charge in [-0.05, 0) is 12.5 Å². The summed E-state index contributed by atoms with van der Waals surface area (Å²) < 4.78 is 0. The van der Waals surface area contributed by atoms with Crippen molar-refractivity contribution in [2.45, 2.75) is 13.5 Å². The van der Waals surface area contributed by atoms with Crippen molar-refractivity contribution in [1.29, 1.82) is 0 Å². The molecule has 4 heteroatoms. The van der Waals surface area contributed by atoms with Crippen LogP contribution in [0.15, 0.2) is 30.3 Å². The molecule has 1 fully saturated rings. The first kappa shape index (κ1) is 11.8. The predicted octanol–water partition coefficient (Wildman–Crippen LogP) is 0.877. The van der Waals surface area contributed by atoms with E-state index in [4.69, 9.17) is 0 Å². The minimum absolute atomic E-state index is 0.0975. The van der Waals surface area contributed by atoms with Crippen molar-refractivity contribution in [2.75, 3.05) is 19.6 Å². The van der Waals surface area contributed by atoms with Gasteiger partial charge < -0.3 is 0 Å². The quantitative estimate of drug-likeness (QED) is 0.726. The Labute approximate surface area is 101 Å². The van der Waals surface area contributed by atoms with E-state index in [9.17, 15) is 9.59 Å². The summed E-state index contributed by atoms with van der Waals surface area (Å²) in [6.07, 6.45) is 0. The highest BCUT2D eigenvalue weighted by Crippen LogP contribution is 2.09. The Morgan fingerprint density at radius 1 is 1.06 bits per heavy atom. The average Bonchev–Trinajstić information content (AvgIpc) is 2.30. The lowest BCUT2D eigenvalue weighted by Gasteiger charge is -2.31. The van der Waals surface area contributed by atoms with Crippen LogP contribution >= 0.6 is 0 Å². The molecule has 1 aliphatic heterocycles. The minimum Gasteiger partial charge on any atom is -0.281 e. The van der Waals surface area contributed by atoms with Crippen molar-refractivity contribution < 1.29 is 9.59 Å². The van der Waals surface area contributed by atoms with Crippen LogP contribution in [-0.2, 0) is 16.1 Å². The van der Waals surface area contributed by atoms with Gasteiger partial charge in [0, 0.05) is 13.1 Å². The van der Waals surface area contributed by atoms with Gasteiger partial charge in [0.1, 0.15) is 0 Å². The Morgan fingerprint density at radius 2 is 1.65 bits per heavy atom. The zero-order valence-electron chi connectivity index (χ0n) is 9.93. The van der Waals surface area contributed by atoms with Crippen molar-refractivity contribution in [3.8, 4) is 0 Å². The Bertz CT molecular complexity index is 399. The standard InChI is InChI=1S/C13H16N2O2/c1-2-15-12(16)9-14(10-13(15)17)8-11-6-4-3-5-7-11/h3-7H,2,8-10H2,1H3. The van der Waals surface area contributed by atoms with E-state index in [1.165, 1.54) is 4.90 Å². The lowest BCUT2D eigenvalue weighted by atomic mass is 10.2. The van der Waals surface area contributed by atoms with E-state index in [0.29, 0.717) is 26.2 Å². The summed E-state index contributed by atoms with van der Waals surface area (Å²) in [5.41, 5.74) is 1.12. The van der Waals surface area contributed by atoms with Crippen molar-refractivity contribution in [3.63, 3.8) is 0 Å². The van der Waals surface area contributed by atoms with Crippen LogP contribution in [0, 0.1) is 0 Å². The molecule has 0 saturated carbocycles. The molecule has 0 aliphatic carbocycles. The van der Waals surface area contributed by atoms with E-state index in [1.54, 1.807) is 0 Å². The molecule has 1 aromatic carbocycles. The van der Waals surface area contributed by atoms with Crippen molar-refractivity contribution in [3.05, 3.63) is 35.9 Å². The van der Waals surface area contributed by atoms with Crippen LogP contribution in [0.2, 0.25) is 0 Å². The molecule has 0 spiro atoms. The average molecular weight is 232 g/mol. The first-order valence-corrected chi connectivity index (χ1v) is 5.80. The molecule has 0 N–H and O–H groups in total. The molecule has 2 rings (SSSR count). The van der Waals surface area contributed by atoms with Crippen LogP contribution in [0.4, 0.5) is 0 Å². The van der Waals surface area contributed by atoms with Gasteiger partial charge in [-0.15, -0.1) is 0 Å². The highest BCUT2D eigenvalue weighted by Gasteiger charge is 2.29. The van der Waals surface area contributed by atoms with E-state index in [0.717, 1.165) is 5.56 Å². The van der Waals surface area contributed by atoms with Gasteiger partial charge in [0.05, 0.1) is 13.1 Å². The number of hydrogen-bond acceptors (Lipinski definition) is 3. The van der Waals surface area contributed by atoms with Crippen molar-refractivity contribution >= 4 is 11.8 Å². The van der Waals surface area contributed by atoms with Gasteiger partial charge in [0.25, 0.3) is 0 Å². The maximum Gasteiger partial charge on any atom is 0.243 e. The molecule has 0 unspecified atom stereocenters. The number of amides is 2. The molecule has 1 heterocycles. The van der Waals surface area contributed by atoms with Gasteiger partial charge in [0.15, 0.2) is 0 Å². The van der Waals surface area contributed by atoms with Crippen molar-refractivity contribution in [2.24, 2.45) is 0 Å². The Hall–Kier alpha value is -1.68. The first-order valence-electron chi connectivity index (χ1n) is 5.80. The number of carbonyl (C=O) groups excluding carboxylic acids is 2. The minimum atomic E-state index is -0.0975. The molecule has 1 saturated heterocycles. The number of rotatable bonds is 3. The molecule has 4 nitrogen and oxygen atoms in total. The number of benzene rings is 1. The number of hydrogen-bond donors (Lipinski definition) is 0. The maximum absolute atomic E-state index is 11.7. The molecule has 17 heavy (non-hydrogen) atoms. The third-order valence-corrected chi connectivity index (χ3v) is 2.89. The highest BCUT2D eigenvalue weighted by atomic mass is 16.2. The summed E-state index contributed by atoms with van der Waals surface area (Å²) in [6, 6.07) is 9.87. The lowest BCUT2D eigenvalue weighted by Crippen LogP contribution is -2.53. The number of nitrogens with zero attached hydrogens (tertiary/aromatic N) is 2. The van der Waals surface area contributed by atoms with E-state index in [-0.39, 0.29) is 11.8 Å². The molecule has 0 radical (unpaired) electrons. The fourth-order valence-corrected chi connectivity index (χ4v) is 2.05. The number of imide groups is 1. The largest absolute Gasteiger partial charge is 0.281 e. The maximum atomic E-state index is 11.7. The molecule has 90 valence electrons. The highest BCUT2D eigenvalue weighted by molar-refractivity contribution is 5.99. The van der Waals surface area contributed by atoms with E-state index >= 15 is 0 Å². The van der Waals surface area contributed by atoms with Gasteiger partial charge in [-0.25, -0.2) is 0 Å². The summed E-state index contributed by atoms with van der Waals surface area (Å²) >= 11 is 0. The second kappa shape index (κ2) is 5.10. The SMILES string of the molecule is CCN1C(=O)CN(Cc2ccccc2)CC1=O. The predicted molar refractivity (Wildman–Crippen MR) is 64.1 cm³/mol. The first-order chi connectivity index (χ1) is 8.20. The summed E-state index contributed by atoms with van der Waals surface area (Å²) in [5, 5.41) is 0. The Morgan fingerprint density at radius 3 is 2.18 bits per heavy atom.